The monoisotopic (exact) mass is 340 g/mol. The highest BCUT2D eigenvalue weighted by molar-refractivity contribution is 6.15. The number of hydrogen-bond acceptors (Lipinski definition) is 4. The molecule has 0 aliphatic carbocycles. The van der Waals surface area contributed by atoms with Crippen LogP contribution in [0.15, 0.2) is 29.8 Å². The zero-order valence-electron chi connectivity index (χ0n) is 13.9. The lowest BCUT2D eigenvalue weighted by atomic mass is 10.0. The van der Waals surface area contributed by atoms with Crippen molar-refractivity contribution in [3.8, 4) is 6.07 Å². The molecule has 130 valence electrons. The van der Waals surface area contributed by atoms with E-state index in [-0.39, 0.29) is 24.7 Å². The Morgan fingerprint density at radius 3 is 2.64 bits per heavy atom. The van der Waals surface area contributed by atoms with Gasteiger partial charge in [0.1, 0.15) is 0 Å². The smallest absolute Gasteiger partial charge is 0.303 e. The van der Waals surface area contributed by atoms with Gasteiger partial charge in [0.15, 0.2) is 0 Å². The van der Waals surface area contributed by atoms with Crippen LogP contribution in [0.2, 0.25) is 0 Å². The molecule has 0 radical (unpaired) electrons. The molecule has 1 fully saturated rings. The Morgan fingerprint density at radius 1 is 1.20 bits per heavy atom. The molecule has 0 unspecified atom stereocenters. The van der Waals surface area contributed by atoms with Gasteiger partial charge in [-0.05, 0) is 30.5 Å². The minimum atomic E-state index is -0.808. The third kappa shape index (κ3) is 5.01. The second-order valence-corrected chi connectivity index (χ2v) is 5.95. The number of imide groups is 1. The summed E-state index contributed by atoms with van der Waals surface area (Å²) in [5.41, 5.74) is 1.50. The van der Waals surface area contributed by atoms with E-state index < -0.39 is 5.97 Å². The van der Waals surface area contributed by atoms with Gasteiger partial charge in [-0.1, -0.05) is 31.0 Å². The lowest BCUT2D eigenvalue weighted by Crippen LogP contribution is -2.30. The van der Waals surface area contributed by atoms with Gasteiger partial charge in [0, 0.05) is 18.5 Å². The highest BCUT2D eigenvalue weighted by atomic mass is 16.4. The second kappa shape index (κ2) is 8.78. The van der Waals surface area contributed by atoms with E-state index >= 15 is 0 Å². The van der Waals surface area contributed by atoms with Gasteiger partial charge in [0.2, 0.25) is 5.91 Å². The van der Waals surface area contributed by atoms with Crippen LogP contribution in [0.1, 0.15) is 49.7 Å². The highest BCUT2D eigenvalue weighted by Crippen LogP contribution is 2.23. The molecule has 6 nitrogen and oxygen atoms in total. The molecule has 1 aliphatic heterocycles. The molecule has 1 aromatic carbocycles. The molecular weight excluding hydrogens is 320 g/mol. The van der Waals surface area contributed by atoms with Crippen molar-refractivity contribution in [1.29, 1.82) is 5.26 Å². The number of likely N-dealkylation sites (tertiary alicyclic amines) is 1. The largest absolute Gasteiger partial charge is 0.481 e. The molecule has 1 heterocycles. The molecule has 1 aromatic rings. The summed E-state index contributed by atoms with van der Waals surface area (Å²) in [6, 6.07) is 9.02. The van der Waals surface area contributed by atoms with E-state index in [1.807, 2.05) is 0 Å². The fourth-order valence-corrected chi connectivity index (χ4v) is 2.77. The first-order chi connectivity index (χ1) is 12.0. The van der Waals surface area contributed by atoms with Gasteiger partial charge in [0.05, 0.1) is 18.1 Å². The molecule has 0 bridgehead atoms. The van der Waals surface area contributed by atoms with Crippen LogP contribution in [0.5, 0.6) is 0 Å². The van der Waals surface area contributed by atoms with Crippen molar-refractivity contribution in [2.24, 2.45) is 0 Å². The third-order valence-electron chi connectivity index (χ3n) is 4.10. The lowest BCUT2D eigenvalue weighted by molar-refractivity contribution is -0.138. The van der Waals surface area contributed by atoms with Crippen molar-refractivity contribution in [3.05, 3.63) is 41.0 Å². The number of nitriles is 1. The highest BCUT2D eigenvalue weighted by Gasteiger charge is 2.33. The molecule has 1 saturated heterocycles. The summed E-state index contributed by atoms with van der Waals surface area (Å²) in [7, 11) is 0. The van der Waals surface area contributed by atoms with Gasteiger partial charge in [-0.3, -0.25) is 19.3 Å². The van der Waals surface area contributed by atoms with Crippen LogP contribution in [-0.4, -0.2) is 34.3 Å². The Morgan fingerprint density at radius 2 is 1.92 bits per heavy atom. The van der Waals surface area contributed by atoms with Crippen molar-refractivity contribution in [3.63, 3.8) is 0 Å². The number of carbonyl (C=O) groups is 3. The maximum absolute atomic E-state index is 12.4. The molecule has 2 rings (SSSR count). The van der Waals surface area contributed by atoms with Crippen molar-refractivity contribution >= 4 is 23.9 Å². The van der Waals surface area contributed by atoms with E-state index in [1.54, 1.807) is 30.3 Å². The van der Waals surface area contributed by atoms with Crippen LogP contribution in [0, 0.1) is 11.3 Å². The van der Waals surface area contributed by atoms with Crippen molar-refractivity contribution < 1.29 is 19.5 Å². The molecule has 0 saturated carbocycles. The third-order valence-corrected chi connectivity index (χ3v) is 4.10. The predicted molar refractivity (Wildman–Crippen MR) is 91.2 cm³/mol. The quantitative estimate of drug-likeness (QED) is 0.446. The van der Waals surface area contributed by atoms with Crippen LogP contribution in [-0.2, 0) is 14.4 Å². The second-order valence-electron chi connectivity index (χ2n) is 5.95. The minimum absolute atomic E-state index is 0.0532. The maximum atomic E-state index is 12.4. The van der Waals surface area contributed by atoms with Gasteiger partial charge >= 0.3 is 5.97 Å². The number of unbranched alkanes of at least 4 members (excludes halogenated alkanes) is 3. The van der Waals surface area contributed by atoms with Gasteiger partial charge < -0.3 is 5.11 Å². The molecule has 0 spiro atoms. The number of carboxylic acid groups (broad SMARTS) is 1. The number of amides is 2. The Hall–Kier alpha value is -2.94. The number of carboxylic acids is 1. The van der Waals surface area contributed by atoms with Crippen LogP contribution < -0.4 is 0 Å². The van der Waals surface area contributed by atoms with Gasteiger partial charge in [-0.25, -0.2) is 0 Å². The van der Waals surface area contributed by atoms with E-state index in [4.69, 9.17) is 10.4 Å². The van der Waals surface area contributed by atoms with Gasteiger partial charge in [-0.2, -0.15) is 5.26 Å². The van der Waals surface area contributed by atoms with Crippen molar-refractivity contribution in [2.45, 2.75) is 38.5 Å². The Balaban J connectivity index is 1.92. The molecule has 25 heavy (non-hydrogen) atoms. The number of carbonyl (C=O) groups excluding carboxylic acids is 2. The topological polar surface area (TPSA) is 98.5 Å². The van der Waals surface area contributed by atoms with Crippen LogP contribution >= 0.6 is 0 Å². The summed E-state index contributed by atoms with van der Waals surface area (Å²) in [6.07, 6.45) is 4.63. The molecule has 0 atom stereocenters. The van der Waals surface area contributed by atoms with E-state index in [0.29, 0.717) is 36.1 Å². The summed E-state index contributed by atoms with van der Waals surface area (Å²) in [4.78, 5) is 36.2. The fraction of sp³-hybridized carbons (Fsp3) is 0.368. The average molecular weight is 340 g/mol. The zero-order valence-corrected chi connectivity index (χ0v) is 13.9. The van der Waals surface area contributed by atoms with E-state index in [2.05, 4.69) is 6.07 Å². The number of nitrogens with zero attached hydrogens (tertiary/aromatic N) is 2. The van der Waals surface area contributed by atoms with Crippen LogP contribution in [0.3, 0.4) is 0 Å². The Bertz CT molecular complexity index is 746. The summed E-state index contributed by atoms with van der Waals surface area (Å²) < 4.78 is 0. The van der Waals surface area contributed by atoms with E-state index in [1.165, 1.54) is 4.90 Å². The van der Waals surface area contributed by atoms with Crippen molar-refractivity contribution in [2.75, 3.05) is 6.54 Å². The predicted octanol–water partition coefficient (Wildman–Crippen LogP) is 2.74. The molecule has 2 amide bonds. The lowest BCUT2D eigenvalue weighted by Gasteiger charge is -2.12. The number of aliphatic carboxylic acids is 1. The Kier molecular flexibility index (Phi) is 6.47. The summed E-state index contributed by atoms with van der Waals surface area (Å²) in [5.74, 6) is -1.34. The van der Waals surface area contributed by atoms with Crippen LogP contribution in [0.25, 0.3) is 6.08 Å². The molecule has 0 aromatic heterocycles. The number of hydrogen-bond donors (Lipinski definition) is 1. The first-order valence-corrected chi connectivity index (χ1v) is 8.29. The summed E-state index contributed by atoms with van der Waals surface area (Å²) in [6.45, 7) is 0.349. The van der Waals surface area contributed by atoms with Gasteiger partial charge in [0.25, 0.3) is 5.91 Å². The molecular formula is C19H20N2O4. The molecule has 1 aliphatic rings. The summed E-state index contributed by atoms with van der Waals surface area (Å²) >= 11 is 0. The average Bonchev–Trinajstić information content (AvgIpc) is 2.85. The van der Waals surface area contributed by atoms with Crippen molar-refractivity contribution in [1.82, 2.24) is 4.90 Å². The van der Waals surface area contributed by atoms with E-state index in [9.17, 15) is 14.4 Å². The van der Waals surface area contributed by atoms with Crippen LogP contribution in [0.4, 0.5) is 0 Å². The standard InChI is InChI=1S/C19H20N2O4/c20-13-15-8-5-4-7-14(15)11-16-12-17(22)21(19(16)25)10-6-2-1-3-9-18(23)24/h4-5,7-8,11H,1-3,6,9-10,12H2,(H,23,24)/b16-11+. The number of benzene rings is 1. The first kappa shape index (κ1) is 18.4. The number of rotatable bonds is 8. The van der Waals surface area contributed by atoms with E-state index in [0.717, 1.165) is 12.8 Å². The molecule has 1 N–H and O–H groups in total. The maximum Gasteiger partial charge on any atom is 0.303 e. The normalized spacial score (nSPS) is 15.6. The molecule has 6 heteroatoms. The Labute approximate surface area is 146 Å². The SMILES string of the molecule is N#Cc1ccccc1/C=C1\CC(=O)N(CCCCCCC(=O)O)C1=O. The van der Waals surface area contributed by atoms with Gasteiger partial charge in [-0.15, -0.1) is 0 Å². The fourth-order valence-electron chi connectivity index (χ4n) is 2.77. The minimum Gasteiger partial charge on any atom is -0.481 e. The summed E-state index contributed by atoms with van der Waals surface area (Å²) in [5, 5.41) is 17.7. The first-order valence-electron chi connectivity index (χ1n) is 8.29. The zero-order chi connectivity index (χ0) is 18.2.